The fraction of sp³-hybridized carbons (Fsp3) is 0.259. The summed E-state index contributed by atoms with van der Waals surface area (Å²) in [5.74, 6) is 1.68. The van der Waals surface area contributed by atoms with Crippen LogP contribution in [-0.4, -0.2) is 22.1 Å². The number of imidazole rings is 1. The molecule has 0 aliphatic rings. The Morgan fingerprint density at radius 1 is 1.00 bits per heavy atom. The average molecular weight is 462 g/mol. The Kier molecular flexibility index (Phi) is 7.63. The third-order valence-corrected chi connectivity index (χ3v) is 5.77. The van der Waals surface area contributed by atoms with Crippen molar-refractivity contribution >= 4 is 28.5 Å². The monoisotopic (exact) mass is 461 g/mol. The fourth-order valence-corrected chi connectivity index (χ4v) is 4.02. The molecule has 0 spiro atoms. The fourth-order valence-electron chi connectivity index (χ4n) is 3.89. The number of hydrogen-bond acceptors (Lipinski definition) is 3. The molecule has 5 nitrogen and oxygen atoms in total. The van der Waals surface area contributed by atoms with Gasteiger partial charge in [0.05, 0.1) is 30.1 Å². The first-order chi connectivity index (χ1) is 16.1. The van der Waals surface area contributed by atoms with E-state index >= 15 is 0 Å². The van der Waals surface area contributed by atoms with Gasteiger partial charge in [-0.25, -0.2) is 4.98 Å². The van der Waals surface area contributed by atoms with Gasteiger partial charge in [-0.1, -0.05) is 54.1 Å². The highest BCUT2D eigenvalue weighted by Crippen LogP contribution is 2.22. The van der Waals surface area contributed by atoms with E-state index < -0.39 is 0 Å². The minimum absolute atomic E-state index is 0.0105. The van der Waals surface area contributed by atoms with E-state index in [0.717, 1.165) is 47.6 Å². The molecule has 0 saturated carbocycles. The highest BCUT2D eigenvalue weighted by atomic mass is 35.5. The number of ether oxygens (including phenoxy) is 1. The maximum Gasteiger partial charge on any atom is 0.224 e. The van der Waals surface area contributed by atoms with E-state index in [2.05, 4.69) is 16.0 Å². The molecule has 4 rings (SSSR count). The lowest BCUT2D eigenvalue weighted by molar-refractivity contribution is -0.121. The Morgan fingerprint density at radius 2 is 1.73 bits per heavy atom. The number of amides is 1. The summed E-state index contributed by atoms with van der Waals surface area (Å²) in [7, 11) is 0. The van der Waals surface area contributed by atoms with Crippen LogP contribution in [-0.2, 0) is 17.8 Å². The van der Waals surface area contributed by atoms with Crippen molar-refractivity contribution in [1.82, 2.24) is 14.9 Å². The van der Waals surface area contributed by atoms with Crippen LogP contribution in [0.25, 0.3) is 11.0 Å². The second kappa shape index (κ2) is 11.0. The summed E-state index contributed by atoms with van der Waals surface area (Å²) >= 11 is 5.92. The number of carbonyl (C=O) groups is 1. The van der Waals surface area contributed by atoms with Crippen LogP contribution in [0, 0.1) is 0 Å². The Balaban J connectivity index is 1.38. The molecule has 1 aromatic heterocycles. The largest absolute Gasteiger partial charge is 0.494 e. The van der Waals surface area contributed by atoms with Crippen molar-refractivity contribution in [2.45, 2.75) is 38.8 Å². The summed E-state index contributed by atoms with van der Waals surface area (Å²) in [6.45, 7) is 3.43. The van der Waals surface area contributed by atoms with Gasteiger partial charge in [0.2, 0.25) is 5.91 Å². The third kappa shape index (κ3) is 6.14. The summed E-state index contributed by atoms with van der Waals surface area (Å²) in [5, 5.41) is 3.82. The van der Waals surface area contributed by atoms with Crippen LogP contribution in [0.1, 0.15) is 37.2 Å². The van der Waals surface area contributed by atoms with Crippen LogP contribution < -0.4 is 10.1 Å². The predicted molar refractivity (Wildman–Crippen MR) is 133 cm³/mol. The lowest BCUT2D eigenvalue weighted by atomic mass is 10.1. The number of unbranched alkanes of at least 4 members (excludes halogenated alkanes) is 1. The van der Waals surface area contributed by atoms with Crippen molar-refractivity contribution in [3.63, 3.8) is 0 Å². The number of hydrogen-bond donors (Lipinski definition) is 1. The van der Waals surface area contributed by atoms with Crippen molar-refractivity contribution in [1.29, 1.82) is 0 Å². The maximum atomic E-state index is 12.6. The number of aromatic nitrogens is 2. The van der Waals surface area contributed by atoms with Crippen LogP contribution in [0.2, 0.25) is 5.02 Å². The first-order valence-electron chi connectivity index (χ1n) is 11.3. The SMILES string of the molecule is CC(NC(=O)Cc1ccccc1)c1nc2ccccc2n1CCCCOc1ccc(Cl)cc1. The van der Waals surface area contributed by atoms with Gasteiger partial charge in [-0.15, -0.1) is 0 Å². The van der Waals surface area contributed by atoms with Gasteiger partial charge in [0.15, 0.2) is 0 Å². The van der Waals surface area contributed by atoms with E-state index in [1.807, 2.05) is 79.7 Å². The van der Waals surface area contributed by atoms with Crippen LogP contribution >= 0.6 is 11.6 Å². The summed E-state index contributed by atoms with van der Waals surface area (Å²) in [6, 6.07) is 25.1. The van der Waals surface area contributed by atoms with Crippen LogP contribution in [0.3, 0.4) is 0 Å². The highest BCUT2D eigenvalue weighted by molar-refractivity contribution is 6.30. The molecule has 3 aromatic carbocycles. The number of nitrogens with zero attached hydrogens (tertiary/aromatic N) is 2. The normalized spacial score (nSPS) is 11.9. The molecule has 1 atom stereocenters. The average Bonchev–Trinajstić information content (AvgIpc) is 3.19. The molecular formula is C27H28ClN3O2. The number of nitrogens with one attached hydrogen (secondary N) is 1. The number of halogens is 1. The first kappa shape index (κ1) is 22.9. The van der Waals surface area contributed by atoms with Gasteiger partial charge in [-0.05, 0) is 61.7 Å². The molecule has 0 fully saturated rings. The Bertz CT molecular complexity index is 1190. The standard InChI is InChI=1S/C27H28ClN3O2/c1-20(29-26(32)19-21-9-3-2-4-10-21)27-30-24-11-5-6-12-25(24)31(27)17-7-8-18-33-23-15-13-22(28)14-16-23/h2-6,9-16,20H,7-8,17-19H2,1H3,(H,29,32). The number of fused-ring (bicyclic) bond motifs is 1. The van der Waals surface area contributed by atoms with Crippen molar-refractivity contribution in [2.75, 3.05) is 6.61 Å². The van der Waals surface area contributed by atoms with Gasteiger partial charge in [-0.3, -0.25) is 4.79 Å². The number of para-hydroxylation sites is 2. The summed E-state index contributed by atoms with van der Waals surface area (Å²) in [5.41, 5.74) is 3.01. The molecule has 0 radical (unpaired) electrons. The molecular weight excluding hydrogens is 434 g/mol. The van der Waals surface area contributed by atoms with E-state index in [-0.39, 0.29) is 11.9 Å². The molecule has 0 saturated heterocycles. The van der Waals surface area contributed by atoms with Gasteiger partial charge < -0.3 is 14.6 Å². The molecule has 170 valence electrons. The maximum absolute atomic E-state index is 12.6. The Labute approximate surface area is 199 Å². The molecule has 4 aromatic rings. The molecule has 1 heterocycles. The van der Waals surface area contributed by atoms with Gasteiger partial charge >= 0.3 is 0 Å². The highest BCUT2D eigenvalue weighted by Gasteiger charge is 2.18. The van der Waals surface area contributed by atoms with E-state index in [4.69, 9.17) is 21.3 Å². The van der Waals surface area contributed by atoms with Crippen molar-refractivity contribution in [3.05, 3.63) is 95.3 Å². The zero-order valence-electron chi connectivity index (χ0n) is 18.7. The molecule has 1 N–H and O–H groups in total. The Hall–Kier alpha value is -3.31. The topological polar surface area (TPSA) is 56.2 Å². The van der Waals surface area contributed by atoms with Crippen LogP contribution in [0.4, 0.5) is 0 Å². The van der Waals surface area contributed by atoms with Gasteiger partial charge in [0.1, 0.15) is 11.6 Å². The number of benzene rings is 3. The summed E-state index contributed by atoms with van der Waals surface area (Å²) in [4.78, 5) is 17.4. The van der Waals surface area contributed by atoms with E-state index in [1.54, 1.807) is 0 Å². The summed E-state index contributed by atoms with van der Waals surface area (Å²) in [6.07, 6.45) is 2.20. The van der Waals surface area contributed by atoms with Gasteiger partial charge in [-0.2, -0.15) is 0 Å². The molecule has 0 bridgehead atoms. The minimum atomic E-state index is -0.195. The summed E-state index contributed by atoms with van der Waals surface area (Å²) < 4.78 is 8.03. The minimum Gasteiger partial charge on any atom is -0.494 e. The lowest BCUT2D eigenvalue weighted by Crippen LogP contribution is -2.30. The zero-order chi connectivity index (χ0) is 23.0. The van der Waals surface area contributed by atoms with Crippen molar-refractivity contribution < 1.29 is 9.53 Å². The van der Waals surface area contributed by atoms with Crippen molar-refractivity contribution in [2.24, 2.45) is 0 Å². The van der Waals surface area contributed by atoms with E-state index in [9.17, 15) is 4.79 Å². The van der Waals surface area contributed by atoms with Gasteiger partial charge in [0, 0.05) is 11.6 Å². The molecule has 6 heteroatoms. The van der Waals surface area contributed by atoms with Crippen molar-refractivity contribution in [3.8, 4) is 5.75 Å². The van der Waals surface area contributed by atoms with E-state index in [0.29, 0.717) is 18.1 Å². The molecule has 1 unspecified atom stereocenters. The van der Waals surface area contributed by atoms with Crippen LogP contribution in [0.15, 0.2) is 78.9 Å². The molecule has 1 amide bonds. The predicted octanol–water partition coefficient (Wildman–Crippen LogP) is 5.97. The second-order valence-corrected chi connectivity index (χ2v) is 8.51. The molecule has 33 heavy (non-hydrogen) atoms. The number of rotatable bonds is 10. The van der Waals surface area contributed by atoms with Crippen LogP contribution in [0.5, 0.6) is 5.75 Å². The molecule has 0 aliphatic carbocycles. The lowest BCUT2D eigenvalue weighted by Gasteiger charge is -2.16. The first-order valence-corrected chi connectivity index (χ1v) is 11.6. The smallest absolute Gasteiger partial charge is 0.224 e. The quantitative estimate of drug-likeness (QED) is 0.296. The second-order valence-electron chi connectivity index (χ2n) is 8.07. The van der Waals surface area contributed by atoms with Gasteiger partial charge in [0.25, 0.3) is 0 Å². The Morgan fingerprint density at radius 3 is 2.52 bits per heavy atom. The third-order valence-electron chi connectivity index (χ3n) is 5.51. The number of carbonyl (C=O) groups excluding carboxylic acids is 1. The zero-order valence-corrected chi connectivity index (χ0v) is 19.5. The van der Waals surface area contributed by atoms with E-state index in [1.165, 1.54) is 0 Å². The molecule has 0 aliphatic heterocycles. The number of aryl methyl sites for hydroxylation is 1.